The van der Waals surface area contributed by atoms with E-state index >= 15 is 0 Å². The molecule has 3 aromatic rings. The van der Waals surface area contributed by atoms with Crippen molar-refractivity contribution in [3.05, 3.63) is 60.3 Å². The lowest BCUT2D eigenvalue weighted by atomic mass is 10.1. The van der Waals surface area contributed by atoms with E-state index in [-0.39, 0.29) is 6.29 Å². The predicted molar refractivity (Wildman–Crippen MR) is 82.3 cm³/mol. The van der Waals surface area contributed by atoms with Crippen LogP contribution in [0.5, 0.6) is 0 Å². The summed E-state index contributed by atoms with van der Waals surface area (Å²) < 4.78 is 1.89. The third-order valence-corrected chi connectivity index (χ3v) is 3.35. The highest BCUT2D eigenvalue weighted by Gasteiger charge is 2.14. The molecule has 0 saturated heterocycles. The van der Waals surface area contributed by atoms with E-state index in [2.05, 4.69) is 5.32 Å². The van der Waals surface area contributed by atoms with Crippen LogP contribution in [-0.2, 0) is 9.59 Å². The summed E-state index contributed by atoms with van der Waals surface area (Å²) in [6.07, 6.45) is 2.21. The minimum Gasteiger partial charge on any atom is -0.305 e. The first-order valence-electron chi connectivity index (χ1n) is 6.62. The van der Waals surface area contributed by atoms with Crippen LogP contribution in [0.3, 0.4) is 0 Å². The largest absolute Gasteiger partial charge is 0.305 e. The van der Waals surface area contributed by atoms with Gasteiger partial charge in [0.05, 0.1) is 0 Å². The zero-order valence-corrected chi connectivity index (χ0v) is 11.5. The van der Waals surface area contributed by atoms with Gasteiger partial charge in [-0.25, -0.2) is 0 Å². The van der Waals surface area contributed by atoms with Gasteiger partial charge in [0, 0.05) is 17.3 Å². The Morgan fingerprint density at radius 1 is 1.14 bits per heavy atom. The average molecular weight is 278 g/mol. The number of carbonyl (C=O) groups is 2. The molecule has 1 aromatic carbocycles. The zero-order chi connectivity index (χ0) is 14.8. The molecule has 0 fully saturated rings. The molecule has 4 heteroatoms. The number of aldehydes is 1. The van der Waals surface area contributed by atoms with Crippen molar-refractivity contribution in [3.63, 3.8) is 0 Å². The maximum absolute atomic E-state index is 11.5. The van der Waals surface area contributed by atoms with Gasteiger partial charge in [-0.05, 0) is 30.2 Å². The molecule has 0 radical (unpaired) electrons. The number of carbonyl (C=O) groups excluding carboxylic acids is 2. The van der Waals surface area contributed by atoms with Crippen LogP contribution in [0.25, 0.3) is 16.6 Å². The van der Waals surface area contributed by atoms with E-state index in [4.69, 9.17) is 0 Å². The average Bonchev–Trinajstić information content (AvgIpc) is 2.86. The smallest absolute Gasteiger partial charge is 0.289 e. The Morgan fingerprint density at radius 2 is 1.90 bits per heavy atom. The molecule has 4 nitrogen and oxygen atoms in total. The standard InChI is InChI=1S/C17H14N2O2/c1-12-7-8-14-9-15(13-5-3-2-4-6-13)17(19(14)10-12)18-16(21)11-20/h2-11H,1H3,(H,18,21). The van der Waals surface area contributed by atoms with E-state index in [0.717, 1.165) is 22.2 Å². The van der Waals surface area contributed by atoms with E-state index in [9.17, 15) is 9.59 Å². The van der Waals surface area contributed by atoms with Crippen LogP contribution < -0.4 is 5.32 Å². The number of amides is 1. The quantitative estimate of drug-likeness (QED) is 0.591. The predicted octanol–water partition coefficient (Wildman–Crippen LogP) is 3.05. The highest BCUT2D eigenvalue weighted by atomic mass is 16.2. The van der Waals surface area contributed by atoms with Crippen LogP contribution in [0.4, 0.5) is 5.82 Å². The van der Waals surface area contributed by atoms with E-state index in [0.29, 0.717) is 5.82 Å². The molecular weight excluding hydrogens is 264 g/mol. The highest BCUT2D eigenvalue weighted by Crippen LogP contribution is 2.32. The number of nitrogens with zero attached hydrogens (tertiary/aromatic N) is 1. The summed E-state index contributed by atoms with van der Waals surface area (Å²) in [4.78, 5) is 22.2. The fraction of sp³-hybridized carbons (Fsp3) is 0.0588. The van der Waals surface area contributed by atoms with Crippen molar-refractivity contribution >= 4 is 23.5 Å². The molecule has 21 heavy (non-hydrogen) atoms. The summed E-state index contributed by atoms with van der Waals surface area (Å²) in [5.41, 5.74) is 3.90. The van der Waals surface area contributed by atoms with Crippen LogP contribution in [-0.4, -0.2) is 16.6 Å². The van der Waals surface area contributed by atoms with E-state index < -0.39 is 5.91 Å². The van der Waals surface area contributed by atoms with E-state index in [1.54, 1.807) is 0 Å². The molecule has 0 aliphatic carbocycles. The Morgan fingerprint density at radius 3 is 2.62 bits per heavy atom. The second kappa shape index (κ2) is 5.25. The molecule has 0 spiro atoms. The van der Waals surface area contributed by atoms with Gasteiger partial charge in [-0.2, -0.15) is 0 Å². The maximum Gasteiger partial charge on any atom is 0.289 e. The SMILES string of the molecule is Cc1ccc2cc(-c3ccccc3)c(NC(=O)C=O)n2c1. The summed E-state index contributed by atoms with van der Waals surface area (Å²) in [6, 6.07) is 15.7. The topological polar surface area (TPSA) is 50.6 Å². The maximum atomic E-state index is 11.5. The Kier molecular flexibility index (Phi) is 3.28. The van der Waals surface area contributed by atoms with Gasteiger partial charge in [-0.1, -0.05) is 36.4 Å². The third kappa shape index (κ3) is 2.43. The van der Waals surface area contributed by atoms with E-state index in [1.165, 1.54) is 0 Å². The lowest BCUT2D eigenvalue weighted by Gasteiger charge is -2.07. The van der Waals surface area contributed by atoms with Crippen molar-refractivity contribution < 1.29 is 9.59 Å². The van der Waals surface area contributed by atoms with Gasteiger partial charge < -0.3 is 9.72 Å². The van der Waals surface area contributed by atoms with Gasteiger partial charge in [0.2, 0.25) is 6.29 Å². The minimum atomic E-state index is -0.659. The molecule has 0 atom stereocenters. The van der Waals surface area contributed by atoms with Crippen molar-refractivity contribution in [2.75, 3.05) is 5.32 Å². The summed E-state index contributed by atoms with van der Waals surface area (Å²) in [5, 5.41) is 2.66. The van der Waals surface area contributed by atoms with Gasteiger partial charge in [-0.15, -0.1) is 0 Å². The van der Waals surface area contributed by atoms with Crippen molar-refractivity contribution in [3.8, 4) is 11.1 Å². The third-order valence-electron chi connectivity index (χ3n) is 3.35. The fourth-order valence-corrected chi connectivity index (χ4v) is 2.39. The second-order valence-corrected chi connectivity index (χ2v) is 4.88. The molecule has 2 aromatic heterocycles. The summed E-state index contributed by atoms with van der Waals surface area (Å²) in [7, 11) is 0. The first kappa shape index (κ1) is 13.1. The molecular formula is C17H14N2O2. The van der Waals surface area contributed by atoms with Gasteiger partial charge in [-0.3, -0.25) is 9.59 Å². The number of aryl methyl sites for hydroxylation is 1. The van der Waals surface area contributed by atoms with Gasteiger partial charge in [0.15, 0.2) is 0 Å². The summed E-state index contributed by atoms with van der Waals surface area (Å²) >= 11 is 0. The minimum absolute atomic E-state index is 0.282. The monoisotopic (exact) mass is 278 g/mol. The number of hydrogen-bond acceptors (Lipinski definition) is 2. The molecule has 0 unspecified atom stereocenters. The molecule has 0 aliphatic rings. The number of nitrogens with one attached hydrogen (secondary N) is 1. The number of rotatable bonds is 3. The number of hydrogen-bond donors (Lipinski definition) is 1. The van der Waals surface area contributed by atoms with Crippen LogP contribution in [0.2, 0.25) is 0 Å². The Bertz CT molecular complexity index is 819. The van der Waals surface area contributed by atoms with Gasteiger partial charge in [0.1, 0.15) is 5.82 Å². The van der Waals surface area contributed by atoms with Gasteiger partial charge in [0.25, 0.3) is 5.91 Å². The summed E-state index contributed by atoms with van der Waals surface area (Å²) in [5.74, 6) is -0.0503. The number of benzene rings is 1. The molecule has 0 bridgehead atoms. The summed E-state index contributed by atoms with van der Waals surface area (Å²) in [6.45, 7) is 1.98. The molecule has 104 valence electrons. The normalized spacial score (nSPS) is 10.5. The number of aromatic nitrogens is 1. The molecule has 2 heterocycles. The molecule has 1 amide bonds. The zero-order valence-electron chi connectivity index (χ0n) is 11.5. The van der Waals surface area contributed by atoms with Crippen LogP contribution in [0.1, 0.15) is 5.56 Å². The molecule has 1 N–H and O–H groups in total. The molecule has 0 saturated carbocycles. The Hall–Kier alpha value is -2.88. The lowest BCUT2D eigenvalue weighted by molar-refractivity contribution is -0.127. The van der Waals surface area contributed by atoms with E-state index in [1.807, 2.05) is 66.1 Å². The van der Waals surface area contributed by atoms with Crippen LogP contribution >= 0.6 is 0 Å². The lowest BCUT2D eigenvalue weighted by Crippen LogP contribution is -2.14. The fourth-order valence-electron chi connectivity index (χ4n) is 2.39. The van der Waals surface area contributed by atoms with Crippen molar-refractivity contribution in [1.82, 2.24) is 4.40 Å². The molecule has 3 rings (SSSR count). The second-order valence-electron chi connectivity index (χ2n) is 4.88. The van der Waals surface area contributed by atoms with Crippen LogP contribution in [0, 0.1) is 6.92 Å². The Labute approximate surface area is 122 Å². The first-order chi connectivity index (χ1) is 10.2. The first-order valence-corrected chi connectivity index (χ1v) is 6.62. The van der Waals surface area contributed by atoms with Crippen molar-refractivity contribution in [2.45, 2.75) is 6.92 Å². The number of anilines is 1. The van der Waals surface area contributed by atoms with Gasteiger partial charge >= 0.3 is 0 Å². The Balaban J connectivity index is 2.25. The number of fused-ring (bicyclic) bond motifs is 1. The highest BCUT2D eigenvalue weighted by molar-refractivity contribution is 6.29. The van der Waals surface area contributed by atoms with Crippen LogP contribution in [0.15, 0.2) is 54.7 Å². The van der Waals surface area contributed by atoms with Crippen molar-refractivity contribution in [2.24, 2.45) is 0 Å². The number of pyridine rings is 1. The van der Waals surface area contributed by atoms with Crippen molar-refractivity contribution in [1.29, 1.82) is 0 Å². The molecule has 0 aliphatic heterocycles.